The SMILES string of the molecule is CN(CCC#N)S(=O)(=O)CCSc1ccc(N)cc1. The first-order valence-corrected chi connectivity index (χ1v) is 8.34. The van der Waals surface area contributed by atoms with E-state index in [4.69, 9.17) is 11.0 Å². The number of nitrogens with two attached hydrogens (primary N) is 1. The molecule has 0 aliphatic heterocycles. The van der Waals surface area contributed by atoms with Crippen LogP contribution < -0.4 is 5.73 Å². The van der Waals surface area contributed by atoms with E-state index in [2.05, 4.69) is 0 Å². The molecule has 1 rings (SSSR count). The second-order valence-corrected chi connectivity index (χ2v) is 7.33. The summed E-state index contributed by atoms with van der Waals surface area (Å²) in [6.45, 7) is 0.241. The summed E-state index contributed by atoms with van der Waals surface area (Å²) in [7, 11) is -1.77. The van der Waals surface area contributed by atoms with Crippen molar-refractivity contribution in [2.75, 3.05) is 30.8 Å². The highest BCUT2D eigenvalue weighted by molar-refractivity contribution is 8.00. The minimum atomic E-state index is -3.27. The Kier molecular flexibility index (Phi) is 6.15. The monoisotopic (exact) mass is 299 g/mol. The van der Waals surface area contributed by atoms with Crippen molar-refractivity contribution in [3.63, 3.8) is 0 Å². The minimum Gasteiger partial charge on any atom is -0.399 e. The fourth-order valence-electron chi connectivity index (χ4n) is 1.33. The molecule has 104 valence electrons. The van der Waals surface area contributed by atoms with Gasteiger partial charge in [-0.1, -0.05) is 0 Å². The highest BCUT2D eigenvalue weighted by Crippen LogP contribution is 2.19. The van der Waals surface area contributed by atoms with Gasteiger partial charge in [0.05, 0.1) is 11.8 Å². The van der Waals surface area contributed by atoms with Gasteiger partial charge in [0.15, 0.2) is 0 Å². The molecule has 2 N–H and O–H groups in total. The molecule has 1 aromatic carbocycles. The Labute approximate surface area is 118 Å². The molecular formula is C12H17N3O2S2. The van der Waals surface area contributed by atoms with Gasteiger partial charge in [0.1, 0.15) is 0 Å². The Morgan fingerprint density at radius 2 is 2.00 bits per heavy atom. The zero-order valence-electron chi connectivity index (χ0n) is 10.7. The molecule has 0 aliphatic rings. The topological polar surface area (TPSA) is 87.2 Å². The minimum absolute atomic E-state index is 0.0595. The first kappa shape index (κ1) is 15.8. The van der Waals surface area contributed by atoms with Crippen LogP contribution in [0.2, 0.25) is 0 Å². The van der Waals surface area contributed by atoms with E-state index >= 15 is 0 Å². The van der Waals surface area contributed by atoms with E-state index in [9.17, 15) is 8.42 Å². The zero-order chi connectivity index (χ0) is 14.3. The van der Waals surface area contributed by atoms with Gasteiger partial charge in [-0.25, -0.2) is 12.7 Å². The normalized spacial score (nSPS) is 11.4. The van der Waals surface area contributed by atoms with Crippen molar-refractivity contribution >= 4 is 27.5 Å². The smallest absolute Gasteiger partial charge is 0.214 e. The van der Waals surface area contributed by atoms with Crippen molar-refractivity contribution in [3.8, 4) is 6.07 Å². The number of nitrogens with zero attached hydrogens (tertiary/aromatic N) is 2. The number of rotatable bonds is 7. The molecule has 1 aromatic rings. The van der Waals surface area contributed by atoms with Gasteiger partial charge in [0.25, 0.3) is 0 Å². The summed E-state index contributed by atoms with van der Waals surface area (Å²) in [5.74, 6) is 0.535. The van der Waals surface area contributed by atoms with Gasteiger partial charge in [-0.3, -0.25) is 0 Å². The lowest BCUT2D eigenvalue weighted by Gasteiger charge is -2.15. The quantitative estimate of drug-likeness (QED) is 0.609. The molecule has 0 saturated carbocycles. The molecule has 0 saturated heterocycles. The average Bonchev–Trinajstić information content (AvgIpc) is 2.38. The molecular weight excluding hydrogens is 282 g/mol. The summed E-state index contributed by atoms with van der Waals surface area (Å²) in [4.78, 5) is 0.990. The molecule has 7 heteroatoms. The lowest BCUT2D eigenvalue weighted by Crippen LogP contribution is -2.30. The zero-order valence-corrected chi connectivity index (χ0v) is 12.4. The Hall–Kier alpha value is -1.23. The molecule has 0 aliphatic carbocycles. The molecule has 0 amide bonds. The number of hydrogen-bond donors (Lipinski definition) is 1. The number of benzene rings is 1. The van der Waals surface area contributed by atoms with E-state index in [1.807, 2.05) is 18.2 Å². The average molecular weight is 299 g/mol. The number of hydrogen-bond acceptors (Lipinski definition) is 5. The maximum absolute atomic E-state index is 11.9. The highest BCUT2D eigenvalue weighted by atomic mass is 32.2. The fraction of sp³-hybridized carbons (Fsp3) is 0.417. The predicted octanol–water partition coefficient (Wildman–Crippen LogP) is 1.54. The Balaban J connectivity index is 2.43. The second kappa shape index (κ2) is 7.38. The summed E-state index contributed by atoms with van der Waals surface area (Å²) in [5.41, 5.74) is 6.26. The van der Waals surface area contributed by atoms with E-state index in [0.717, 1.165) is 4.90 Å². The summed E-state index contributed by atoms with van der Waals surface area (Å²) in [5, 5.41) is 8.44. The standard InChI is InChI=1S/C12H17N3O2S2/c1-15(8-2-7-13)19(16,17)10-9-18-12-5-3-11(14)4-6-12/h3-6H,2,8-10,14H2,1H3. The molecule has 0 heterocycles. The van der Waals surface area contributed by atoms with Crippen LogP contribution in [0.15, 0.2) is 29.2 Å². The van der Waals surface area contributed by atoms with Crippen LogP contribution in [-0.2, 0) is 10.0 Å². The van der Waals surface area contributed by atoms with Crippen LogP contribution in [0.5, 0.6) is 0 Å². The fourth-order valence-corrected chi connectivity index (χ4v) is 3.75. The molecule has 0 aromatic heterocycles. The van der Waals surface area contributed by atoms with Crippen LogP contribution in [0, 0.1) is 11.3 Å². The lowest BCUT2D eigenvalue weighted by atomic mass is 10.3. The molecule has 0 unspecified atom stereocenters. The molecule has 0 radical (unpaired) electrons. The number of anilines is 1. The van der Waals surface area contributed by atoms with E-state index in [0.29, 0.717) is 11.4 Å². The van der Waals surface area contributed by atoms with Crippen molar-refractivity contribution in [2.45, 2.75) is 11.3 Å². The highest BCUT2D eigenvalue weighted by Gasteiger charge is 2.16. The van der Waals surface area contributed by atoms with Crippen LogP contribution in [0.4, 0.5) is 5.69 Å². The van der Waals surface area contributed by atoms with Crippen LogP contribution in [0.3, 0.4) is 0 Å². The van der Waals surface area contributed by atoms with Gasteiger partial charge in [-0.2, -0.15) is 5.26 Å². The summed E-state index contributed by atoms with van der Waals surface area (Å²) in [6.07, 6.45) is 0.209. The van der Waals surface area contributed by atoms with Gasteiger partial charge < -0.3 is 5.73 Å². The van der Waals surface area contributed by atoms with Gasteiger partial charge in [0, 0.05) is 36.3 Å². The van der Waals surface area contributed by atoms with E-state index in [1.165, 1.54) is 23.1 Å². The summed E-state index contributed by atoms with van der Waals surface area (Å²) in [6, 6.07) is 9.24. The largest absolute Gasteiger partial charge is 0.399 e. The summed E-state index contributed by atoms with van der Waals surface area (Å²) < 4.78 is 25.0. The van der Waals surface area contributed by atoms with E-state index in [-0.39, 0.29) is 18.7 Å². The third-order valence-electron chi connectivity index (χ3n) is 2.50. The van der Waals surface area contributed by atoms with Gasteiger partial charge in [-0.05, 0) is 24.3 Å². The van der Waals surface area contributed by atoms with Crippen LogP contribution >= 0.6 is 11.8 Å². The van der Waals surface area contributed by atoms with Gasteiger partial charge in [0.2, 0.25) is 10.0 Å². The Morgan fingerprint density at radius 3 is 2.58 bits per heavy atom. The Bertz CT molecular complexity index is 535. The first-order chi connectivity index (χ1) is 8.95. The van der Waals surface area contributed by atoms with E-state index < -0.39 is 10.0 Å². The van der Waals surface area contributed by atoms with Crippen LogP contribution in [-0.4, -0.2) is 37.8 Å². The molecule has 19 heavy (non-hydrogen) atoms. The number of thioether (sulfide) groups is 1. The molecule has 0 atom stereocenters. The van der Waals surface area contributed by atoms with Crippen molar-refractivity contribution in [2.24, 2.45) is 0 Å². The number of nitrogen functional groups attached to an aromatic ring is 1. The van der Waals surface area contributed by atoms with Gasteiger partial charge in [-0.15, -0.1) is 11.8 Å². The van der Waals surface area contributed by atoms with Gasteiger partial charge >= 0.3 is 0 Å². The maximum Gasteiger partial charge on any atom is 0.214 e. The van der Waals surface area contributed by atoms with Crippen LogP contribution in [0.25, 0.3) is 0 Å². The molecule has 0 spiro atoms. The number of nitriles is 1. The van der Waals surface area contributed by atoms with E-state index in [1.54, 1.807) is 12.1 Å². The second-order valence-electron chi connectivity index (χ2n) is 3.96. The number of sulfonamides is 1. The van der Waals surface area contributed by atoms with Crippen molar-refractivity contribution < 1.29 is 8.42 Å². The van der Waals surface area contributed by atoms with Crippen LogP contribution in [0.1, 0.15) is 6.42 Å². The van der Waals surface area contributed by atoms with Crippen molar-refractivity contribution in [1.29, 1.82) is 5.26 Å². The predicted molar refractivity (Wildman–Crippen MR) is 78.2 cm³/mol. The Morgan fingerprint density at radius 1 is 1.37 bits per heavy atom. The lowest BCUT2D eigenvalue weighted by molar-refractivity contribution is 0.478. The van der Waals surface area contributed by atoms with Crippen molar-refractivity contribution in [3.05, 3.63) is 24.3 Å². The van der Waals surface area contributed by atoms with Crippen molar-refractivity contribution in [1.82, 2.24) is 4.31 Å². The first-order valence-electron chi connectivity index (χ1n) is 5.75. The molecule has 0 fully saturated rings. The maximum atomic E-state index is 11.9. The molecule has 0 bridgehead atoms. The third-order valence-corrected chi connectivity index (χ3v) is 5.63. The summed E-state index contributed by atoms with van der Waals surface area (Å²) >= 11 is 1.47. The third kappa shape index (κ3) is 5.51. The molecule has 5 nitrogen and oxygen atoms in total.